The SMILES string of the molecule is CCCC/C=C\SC. The summed E-state index contributed by atoms with van der Waals surface area (Å²) in [6.45, 7) is 2.22. The maximum atomic E-state index is 2.23. The maximum Gasteiger partial charge on any atom is -0.0142 e. The van der Waals surface area contributed by atoms with E-state index in [1.165, 1.54) is 19.3 Å². The molecule has 0 spiro atoms. The van der Waals surface area contributed by atoms with Crippen molar-refractivity contribution in [3.8, 4) is 0 Å². The Bertz CT molecular complexity index is 57.4. The minimum absolute atomic E-state index is 1.25. The molecule has 0 aromatic heterocycles. The summed E-state index contributed by atoms with van der Waals surface area (Å²) in [5.41, 5.74) is 0. The van der Waals surface area contributed by atoms with Crippen molar-refractivity contribution in [3.63, 3.8) is 0 Å². The van der Waals surface area contributed by atoms with Gasteiger partial charge in [0.2, 0.25) is 0 Å². The second kappa shape index (κ2) is 7.09. The molecule has 0 atom stereocenters. The lowest BCUT2D eigenvalue weighted by molar-refractivity contribution is 0.815. The molecule has 0 aromatic carbocycles. The van der Waals surface area contributed by atoms with Crippen LogP contribution in [0.1, 0.15) is 26.2 Å². The van der Waals surface area contributed by atoms with E-state index in [-0.39, 0.29) is 0 Å². The molecule has 0 heterocycles. The van der Waals surface area contributed by atoms with Gasteiger partial charge in [0, 0.05) is 0 Å². The van der Waals surface area contributed by atoms with Gasteiger partial charge in [0.25, 0.3) is 0 Å². The van der Waals surface area contributed by atoms with Gasteiger partial charge in [-0.25, -0.2) is 0 Å². The lowest BCUT2D eigenvalue weighted by Gasteiger charge is -1.85. The summed E-state index contributed by atoms with van der Waals surface area (Å²) in [4.78, 5) is 0. The number of unbranched alkanes of at least 4 members (excludes halogenated alkanes) is 2. The fraction of sp³-hybridized carbons (Fsp3) is 0.714. The molecule has 0 aliphatic heterocycles. The Kier molecular flexibility index (Phi) is 7.17. The fourth-order valence-electron chi connectivity index (χ4n) is 0.486. The van der Waals surface area contributed by atoms with Crippen molar-refractivity contribution >= 4 is 11.8 Å². The van der Waals surface area contributed by atoms with Gasteiger partial charge in [-0.3, -0.25) is 0 Å². The Hall–Kier alpha value is 0.0900. The molecule has 0 fully saturated rings. The molecule has 0 aliphatic rings. The molecule has 48 valence electrons. The predicted molar refractivity (Wildman–Crippen MR) is 42.2 cm³/mol. The quantitative estimate of drug-likeness (QED) is 0.527. The Labute approximate surface area is 56.4 Å². The van der Waals surface area contributed by atoms with E-state index < -0.39 is 0 Å². The van der Waals surface area contributed by atoms with Gasteiger partial charge in [0.1, 0.15) is 0 Å². The Morgan fingerprint density at radius 1 is 1.50 bits per heavy atom. The molecule has 0 aliphatic carbocycles. The van der Waals surface area contributed by atoms with E-state index in [4.69, 9.17) is 0 Å². The Morgan fingerprint density at radius 2 is 2.25 bits per heavy atom. The predicted octanol–water partition coefficient (Wildman–Crippen LogP) is 3.05. The van der Waals surface area contributed by atoms with Crippen LogP contribution in [0.5, 0.6) is 0 Å². The van der Waals surface area contributed by atoms with Crippen molar-refractivity contribution < 1.29 is 0 Å². The number of rotatable bonds is 4. The average molecular weight is 130 g/mol. The van der Waals surface area contributed by atoms with Crippen LogP contribution >= 0.6 is 11.8 Å². The van der Waals surface area contributed by atoms with Crippen molar-refractivity contribution in [1.82, 2.24) is 0 Å². The molecule has 0 saturated carbocycles. The Balaban J connectivity index is 2.80. The van der Waals surface area contributed by atoms with Crippen molar-refractivity contribution in [1.29, 1.82) is 0 Å². The Morgan fingerprint density at radius 3 is 2.75 bits per heavy atom. The lowest BCUT2D eigenvalue weighted by Crippen LogP contribution is -1.63. The van der Waals surface area contributed by atoms with Crippen LogP contribution in [0.4, 0.5) is 0 Å². The van der Waals surface area contributed by atoms with Gasteiger partial charge in [-0.05, 0) is 18.1 Å². The van der Waals surface area contributed by atoms with Crippen LogP contribution in [-0.4, -0.2) is 6.26 Å². The molecule has 0 amide bonds. The van der Waals surface area contributed by atoms with E-state index in [2.05, 4.69) is 24.7 Å². The average Bonchev–Trinajstić information content (AvgIpc) is 1.81. The maximum absolute atomic E-state index is 2.23. The van der Waals surface area contributed by atoms with Crippen LogP contribution in [0.25, 0.3) is 0 Å². The van der Waals surface area contributed by atoms with Gasteiger partial charge < -0.3 is 0 Å². The van der Waals surface area contributed by atoms with Gasteiger partial charge in [-0.15, -0.1) is 11.8 Å². The first kappa shape index (κ1) is 8.09. The van der Waals surface area contributed by atoms with E-state index in [9.17, 15) is 0 Å². The zero-order chi connectivity index (χ0) is 6.24. The molecule has 0 N–H and O–H groups in total. The smallest absolute Gasteiger partial charge is 0.0142 e. The second-order valence-electron chi connectivity index (χ2n) is 1.75. The minimum Gasteiger partial charge on any atom is -0.138 e. The molecule has 0 nitrogen and oxygen atoms in total. The van der Waals surface area contributed by atoms with Crippen LogP contribution < -0.4 is 0 Å². The number of allylic oxidation sites excluding steroid dienone is 1. The van der Waals surface area contributed by atoms with Crippen LogP contribution in [0.3, 0.4) is 0 Å². The summed E-state index contributed by atoms with van der Waals surface area (Å²) < 4.78 is 0. The molecule has 0 saturated heterocycles. The largest absolute Gasteiger partial charge is 0.138 e. The topological polar surface area (TPSA) is 0 Å². The van der Waals surface area contributed by atoms with Crippen molar-refractivity contribution in [3.05, 3.63) is 11.5 Å². The van der Waals surface area contributed by atoms with Crippen LogP contribution in [0.2, 0.25) is 0 Å². The monoisotopic (exact) mass is 130 g/mol. The fourth-order valence-corrected chi connectivity index (χ4v) is 0.815. The van der Waals surface area contributed by atoms with Gasteiger partial charge >= 0.3 is 0 Å². The van der Waals surface area contributed by atoms with Crippen molar-refractivity contribution in [2.75, 3.05) is 6.26 Å². The van der Waals surface area contributed by atoms with E-state index in [0.717, 1.165) is 0 Å². The van der Waals surface area contributed by atoms with Crippen molar-refractivity contribution in [2.45, 2.75) is 26.2 Å². The minimum atomic E-state index is 1.25. The number of thioether (sulfide) groups is 1. The summed E-state index contributed by atoms with van der Waals surface area (Å²) in [6.07, 6.45) is 8.20. The van der Waals surface area contributed by atoms with Crippen molar-refractivity contribution in [2.24, 2.45) is 0 Å². The summed E-state index contributed by atoms with van der Waals surface area (Å²) in [6, 6.07) is 0. The first-order valence-corrected chi connectivity index (χ1v) is 4.38. The van der Waals surface area contributed by atoms with Gasteiger partial charge in [0.05, 0.1) is 0 Å². The van der Waals surface area contributed by atoms with E-state index in [1.54, 1.807) is 11.8 Å². The highest BCUT2D eigenvalue weighted by Crippen LogP contribution is 1.99. The highest BCUT2D eigenvalue weighted by Gasteiger charge is 1.74. The molecule has 0 aromatic rings. The molecular weight excluding hydrogens is 116 g/mol. The molecule has 8 heavy (non-hydrogen) atoms. The molecule has 0 bridgehead atoms. The molecule has 0 radical (unpaired) electrons. The van der Waals surface area contributed by atoms with Gasteiger partial charge in [-0.1, -0.05) is 25.8 Å². The molecule has 0 rings (SSSR count). The third-order valence-electron chi connectivity index (χ3n) is 0.957. The first-order valence-electron chi connectivity index (χ1n) is 3.09. The van der Waals surface area contributed by atoms with Crippen LogP contribution in [0, 0.1) is 0 Å². The molecule has 1 heteroatoms. The zero-order valence-corrected chi connectivity index (χ0v) is 6.50. The van der Waals surface area contributed by atoms with Crippen LogP contribution in [0.15, 0.2) is 11.5 Å². The summed E-state index contributed by atoms with van der Waals surface area (Å²) in [5, 5.41) is 2.15. The second-order valence-corrected chi connectivity index (χ2v) is 2.49. The number of hydrogen-bond acceptors (Lipinski definition) is 1. The first-order chi connectivity index (χ1) is 3.91. The van der Waals surface area contributed by atoms with E-state index in [1.807, 2.05) is 0 Å². The summed E-state index contributed by atoms with van der Waals surface area (Å²) in [7, 11) is 0. The van der Waals surface area contributed by atoms with Gasteiger partial charge in [0.15, 0.2) is 0 Å². The third-order valence-corrected chi connectivity index (χ3v) is 1.42. The molecule has 0 unspecified atom stereocenters. The lowest BCUT2D eigenvalue weighted by atomic mass is 10.2. The van der Waals surface area contributed by atoms with E-state index >= 15 is 0 Å². The summed E-state index contributed by atoms with van der Waals surface area (Å²) in [5.74, 6) is 0. The van der Waals surface area contributed by atoms with E-state index in [0.29, 0.717) is 0 Å². The molecular formula is C7H14S. The normalized spacial score (nSPS) is 10.8. The van der Waals surface area contributed by atoms with Crippen LogP contribution in [-0.2, 0) is 0 Å². The zero-order valence-electron chi connectivity index (χ0n) is 5.68. The standard InChI is InChI=1S/C7H14S/c1-3-4-5-6-7-8-2/h6-7H,3-5H2,1-2H3/b7-6-. The van der Waals surface area contributed by atoms with Gasteiger partial charge in [-0.2, -0.15) is 0 Å². The third kappa shape index (κ3) is 6.09. The highest BCUT2D eigenvalue weighted by atomic mass is 32.2. The number of hydrogen-bond donors (Lipinski definition) is 0. The highest BCUT2D eigenvalue weighted by molar-refractivity contribution is 8.01. The summed E-state index contributed by atoms with van der Waals surface area (Å²) >= 11 is 1.77.